The van der Waals surface area contributed by atoms with E-state index < -0.39 is 0 Å². The second kappa shape index (κ2) is 9.98. The molecule has 5 heteroatoms. The van der Waals surface area contributed by atoms with Gasteiger partial charge in [-0.25, -0.2) is 0 Å². The zero-order valence-corrected chi connectivity index (χ0v) is 15.6. The normalized spacial score (nSPS) is 10.2. The molecular weight excluding hydrogens is 352 g/mol. The lowest BCUT2D eigenvalue weighted by atomic mass is 10.0. The number of hydrogen-bond acceptors (Lipinski definition) is 4. The highest BCUT2D eigenvalue weighted by atomic mass is 16.5. The van der Waals surface area contributed by atoms with Gasteiger partial charge in [0.05, 0.1) is 25.3 Å². The summed E-state index contributed by atoms with van der Waals surface area (Å²) in [5, 5.41) is 8.86. The van der Waals surface area contributed by atoms with Crippen LogP contribution in [-0.4, -0.2) is 24.0 Å². The SMILES string of the molecule is N#CCCN(Cc1ccco1)C(=O)COc1ccccc1Cc1ccccc1. The summed E-state index contributed by atoms with van der Waals surface area (Å²) < 4.78 is 11.2. The van der Waals surface area contributed by atoms with Crippen molar-refractivity contribution in [2.75, 3.05) is 13.2 Å². The molecule has 1 heterocycles. The van der Waals surface area contributed by atoms with E-state index in [4.69, 9.17) is 14.4 Å². The molecule has 0 radical (unpaired) electrons. The molecule has 0 saturated carbocycles. The maximum atomic E-state index is 12.7. The zero-order valence-electron chi connectivity index (χ0n) is 15.6. The number of carbonyl (C=O) groups is 1. The molecule has 0 saturated heterocycles. The molecule has 1 aromatic heterocycles. The van der Waals surface area contributed by atoms with Gasteiger partial charge in [0.1, 0.15) is 11.5 Å². The molecule has 0 aliphatic heterocycles. The van der Waals surface area contributed by atoms with E-state index in [0.29, 0.717) is 24.6 Å². The van der Waals surface area contributed by atoms with E-state index in [9.17, 15) is 4.79 Å². The Bertz CT molecular complexity index is 915. The molecule has 0 N–H and O–H groups in total. The summed E-state index contributed by atoms with van der Waals surface area (Å²) in [7, 11) is 0. The smallest absolute Gasteiger partial charge is 0.260 e. The Balaban J connectivity index is 1.64. The van der Waals surface area contributed by atoms with Crippen LogP contribution in [-0.2, 0) is 17.8 Å². The molecule has 1 amide bonds. The summed E-state index contributed by atoms with van der Waals surface area (Å²) in [6, 6.07) is 23.5. The molecule has 0 atom stereocenters. The van der Waals surface area contributed by atoms with Gasteiger partial charge in [-0.1, -0.05) is 48.5 Å². The molecule has 3 aromatic rings. The van der Waals surface area contributed by atoms with Crippen molar-refractivity contribution in [3.8, 4) is 11.8 Å². The zero-order chi connectivity index (χ0) is 19.6. The lowest BCUT2D eigenvalue weighted by molar-refractivity contribution is -0.134. The topological polar surface area (TPSA) is 66.5 Å². The lowest BCUT2D eigenvalue weighted by Gasteiger charge is -2.21. The minimum atomic E-state index is -0.179. The van der Waals surface area contributed by atoms with Crippen LogP contribution in [0, 0.1) is 11.3 Å². The quantitative estimate of drug-likeness (QED) is 0.563. The fourth-order valence-electron chi connectivity index (χ4n) is 2.90. The van der Waals surface area contributed by atoms with Gasteiger partial charge in [0.25, 0.3) is 5.91 Å². The first kappa shape index (κ1) is 19.2. The summed E-state index contributed by atoms with van der Waals surface area (Å²) in [4.78, 5) is 14.3. The average molecular weight is 374 g/mol. The Labute approximate surface area is 164 Å². The second-order valence-electron chi connectivity index (χ2n) is 6.36. The number of ether oxygens (including phenoxy) is 1. The Kier molecular flexibility index (Phi) is 6.86. The maximum Gasteiger partial charge on any atom is 0.260 e. The highest BCUT2D eigenvalue weighted by Crippen LogP contribution is 2.21. The van der Waals surface area contributed by atoms with Crippen molar-refractivity contribution in [1.82, 2.24) is 4.90 Å². The number of benzene rings is 2. The number of amides is 1. The summed E-state index contributed by atoms with van der Waals surface area (Å²) in [6.45, 7) is 0.575. The molecule has 2 aromatic carbocycles. The molecule has 142 valence electrons. The molecule has 0 aliphatic carbocycles. The van der Waals surface area contributed by atoms with Crippen LogP contribution in [0.4, 0.5) is 0 Å². The molecule has 3 rings (SSSR count). The van der Waals surface area contributed by atoms with Crippen LogP contribution in [0.2, 0.25) is 0 Å². The van der Waals surface area contributed by atoms with Gasteiger partial charge in [-0.2, -0.15) is 5.26 Å². The Morgan fingerprint density at radius 2 is 1.82 bits per heavy atom. The van der Waals surface area contributed by atoms with Crippen molar-refractivity contribution in [1.29, 1.82) is 5.26 Å². The number of carbonyl (C=O) groups excluding carboxylic acids is 1. The largest absolute Gasteiger partial charge is 0.483 e. The maximum absolute atomic E-state index is 12.7. The summed E-state index contributed by atoms with van der Waals surface area (Å²) in [5.41, 5.74) is 2.20. The minimum Gasteiger partial charge on any atom is -0.483 e. The molecule has 28 heavy (non-hydrogen) atoms. The number of para-hydroxylation sites is 1. The standard InChI is InChI=1S/C23H22N2O3/c24-13-7-14-25(17-21-11-6-15-27-21)23(26)18-28-22-12-5-4-10-20(22)16-19-8-2-1-3-9-19/h1-6,8-12,15H,7,14,16-18H2. The van der Waals surface area contributed by atoms with Gasteiger partial charge in [0.2, 0.25) is 0 Å². The molecule has 0 aliphatic rings. The molecule has 0 fully saturated rings. The van der Waals surface area contributed by atoms with Crippen LogP contribution in [0.1, 0.15) is 23.3 Å². The highest BCUT2D eigenvalue weighted by molar-refractivity contribution is 5.77. The molecule has 0 spiro atoms. The van der Waals surface area contributed by atoms with Gasteiger partial charge in [0.15, 0.2) is 6.61 Å². The van der Waals surface area contributed by atoms with Crippen LogP contribution >= 0.6 is 0 Å². The first-order chi connectivity index (χ1) is 13.8. The number of furan rings is 1. The third-order valence-electron chi connectivity index (χ3n) is 4.33. The third-order valence-corrected chi connectivity index (χ3v) is 4.33. The van der Waals surface area contributed by atoms with Gasteiger partial charge in [-0.05, 0) is 29.3 Å². The van der Waals surface area contributed by atoms with E-state index in [1.807, 2.05) is 48.5 Å². The predicted molar refractivity (Wildman–Crippen MR) is 106 cm³/mol. The van der Waals surface area contributed by atoms with Gasteiger partial charge < -0.3 is 14.1 Å². The third kappa shape index (κ3) is 5.49. The van der Waals surface area contributed by atoms with Gasteiger partial charge >= 0.3 is 0 Å². The molecule has 5 nitrogen and oxygen atoms in total. The van der Waals surface area contributed by atoms with Crippen LogP contribution < -0.4 is 4.74 Å². The van der Waals surface area contributed by atoms with Crippen LogP contribution in [0.5, 0.6) is 5.75 Å². The number of nitrogens with zero attached hydrogens (tertiary/aromatic N) is 2. The van der Waals surface area contributed by atoms with E-state index in [-0.39, 0.29) is 18.9 Å². The van der Waals surface area contributed by atoms with Crippen molar-refractivity contribution in [3.05, 3.63) is 89.9 Å². The first-order valence-electron chi connectivity index (χ1n) is 9.18. The van der Waals surface area contributed by atoms with Gasteiger partial charge in [-0.15, -0.1) is 0 Å². The number of hydrogen-bond donors (Lipinski definition) is 0. The van der Waals surface area contributed by atoms with Crippen LogP contribution in [0.15, 0.2) is 77.4 Å². The van der Waals surface area contributed by atoms with Crippen molar-refractivity contribution in [2.45, 2.75) is 19.4 Å². The first-order valence-corrected chi connectivity index (χ1v) is 9.18. The fourth-order valence-corrected chi connectivity index (χ4v) is 2.90. The predicted octanol–water partition coefficient (Wildman–Crippen LogP) is 4.19. The molecule has 0 bridgehead atoms. The Morgan fingerprint density at radius 3 is 2.57 bits per heavy atom. The molecular formula is C23H22N2O3. The lowest BCUT2D eigenvalue weighted by Crippen LogP contribution is -2.35. The van der Waals surface area contributed by atoms with Crippen molar-refractivity contribution < 1.29 is 13.9 Å². The van der Waals surface area contributed by atoms with Crippen LogP contribution in [0.3, 0.4) is 0 Å². The van der Waals surface area contributed by atoms with E-state index in [0.717, 1.165) is 12.0 Å². The van der Waals surface area contributed by atoms with E-state index in [1.165, 1.54) is 5.56 Å². The average Bonchev–Trinajstić information content (AvgIpc) is 3.24. The van der Waals surface area contributed by atoms with E-state index >= 15 is 0 Å². The summed E-state index contributed by atoms with van der Waals surface area (Å²) >= 11 is 0. The van der Waals surface area contributed by atoms with Crippen molar-refractivity contribution in [2.24, 2.45) is 0 Å². The monoisotopic (exact) mass is 374 g/mol. The number of nitriles is 1. The van der Waals surface area contributed by atoms with Gasteiger partial charge in [-0.3, -0.25) is 4.79 Å². The Hall–Kier alpha value is -3.52. The number of rotatable bonds is 9. The van der Waals surface area contributed by atoms with E-state index in [2.05, 4.69) is 18.2 Å². The molecule has 0 unspecified atom stereocenters. The van der Waals surface area contributed by atoms with Crippen LogP contribution in [0.25, 0.3) is 0 Å². The summed E-state index contributed by atoms with van der Waals surface area (Å²) in [6.07, 6.45) is 2.56. The fraction of sp³-hybridized carbons (Fsp3) is 0.217. The summed E-state index contributed by atoms with van der Waals surface area (Å²) in [5.74, 6) is 1.19. The van der Waals surface area contributed by atoms with Gasteiger partial charge in [0, 0.05) is 13.0 Å². The minimum absolute atomic E-state index is 0.0854. The second-order valence-corrected chi connectivity index (χ2v) is 6.36. The van der Waals surface area contributed by atoms with Crippen molar-refractivity contribution >= 4 is 5.91 Å². The van der Waals surface area contributed by atoms with Crippen molar-refractivity contribution in [3.63, 3.8) is 0 Å². The Morgan fingerprint density at radius 1 is 1.04 bits per heavy atom. The highest BCUT2D eigenvalue weighted by Gasteiger charge is 2.16. The van der Waals surface area contributed by atoms with E-state index in [1.54, 1.807) is 17.2 Å².